The number of thioether (sulfide) groups is 1. The van der Waals surface area contributed by atoms with E-state index in [0.29, 0.717) is 9.47 Å². The maximum Gasteiger partial charge on any atom is 0.239 e. The highest BCUT2D eigenvalue weighted by Gasteiger charge is 2.10. The third kappa shape index (κ3) is 7.91. The molecular formula is C21H23N5O3S2. The zero-order valence-electron chi connectivity index (χ0n) is 17.1. The summed E-state index contributed by atoms with van der Waals surface area (Å²) in [6, 6.07) is 17.1. The van der Waals surface area contributed by atoms with Crippen LogP contribution in [0.1, 0.15) is 13.8 Å². The highest BCUT2D eigenvalue weighted by molar-refractivity contribution is 8.01. The Bertz CT molecular complexity index is 994. The molecule has 8 nitrogen and oxygen atoms in total. The number of rotatable bonds is 10. The summed E-state index contributed by atoms with van der Waals surface area (Å²) in [4.78, 5) is 23.4. The summed E-state index contributed by atoms with van der Waals surface area (Å²) in [6.07, 6.45) is 0. The maximum atomic E-state index is 11.9. The second kappa shape index (κ2) is 11.3. The highest BCUT2D eigenvalue weighted by Crippen LogP contribution is 2.29. The number of benzene rings is 2. The van der Waals surface area contributed by atoms with Gasteiger partial charge in [0.1, 0.15) is 11.5 Å². The number of amides is 2. The molecule has 0 radical (unpaired) electrons. The first-order valence-electron chi connectivity index (χ1n) is 9.60. The van der Waals surface area contributed by atoms with Crippen LogP contribution in [-0.2, 0) is 9.59 Å². The van der Waals surface area contributed by atoms with Gasteiger partial charge in [0, 0.05) is 11.7 Å². The number of nitrogens with one attached hydrogen (secondary N) is 3. The van der Waals surface area contributed by atoms with Gasteiger partial charge >= 0.3 is 0 Å². The molecule has 3 N–H and O–H groups in total. The first-order valence-corrected chi connectivity index (χ1v) is 11.4. The molecular weight excluding hydrogens is 434 g/mol. The number of carbonyl (C=O) groups excluding carboxylic acids is 2. The van der Waals surface area contributed by atoms with Crippen LogP contribution in [0.15, 0.2) is 58.9 Å². The Morgan fingerprint density at radius 1 is 1.00 bits per heavy atom. The third-order valence-corrected chi connectivity index (χ3v) is 5.69. The van der Waals surface area contributed by atoms with Gasteiger partial charge in [0.15, 0.2) is 4.34 Å². The molecule has 3 aromatic rings. The quantitative estimate of drug-likeness (QED) is 0.398. The minimum Gasteiger partial charge on any atom is -0.457 e. The van der Waals surface area contributed by atoms with Crippen LogP contribution < -0.4 is 20.7 Å². The van der Waals surface area contributed by atoms with Crippen molar-refractivity contribution in [3.05, 3.63) is 54.6 Å². The normalized spacial score (nSPS) is 10.5. The Labute approximate surface area is 188 Å². The molecule has 0 aliphatic rings. The van der Waals surface area contributed by atoms with Crippen LogP contribution in [-0.4, -0.2) is 40.4 Å². The Morgan fingerprint density at radius 3 is 2.42 bits per heavy atom. The Balaban J connectivity index is 1.43. The summed E-state index contributed by atoms with van der Waals surface area (Å²) >= 11 is 2.62. The van der Waals surface area contributed by atoms with Crippen molar-refractivity contribution in [3.8, 4) is 11.5 Å². The third-order valence-electron chi connectivity index (χ3n) is 3.71. The fraction of sp³-hybridized carbons (Fsp3) is 0.238. The van der Waals surface area contributed by atoms with E-state index in [9.17, 15) is 9.59 Å². The monoisotopic (exact) mass is 457 g/mol. The van der Waals surface area contributed by atoms with Crippen molar-refractivity contribution < 1.29 is 14.3 Å². The molecule has 2 aromatic carbocycles. The van der Waals surface area contributed by atoms with E-state index < -0.39 is 0 Å². The molecule has 0 atom stereocenters. The summed E-state index contributed by atoms with van der Waals surface area (Å²) in [7, 11) is 0. The molecule has 0 spiro atoms. The van der Waals surface area contributed by atoms with Crippen molar-refractivity contribution in [2.45, 2.75) is 24.2 Å². The first kappa shape index (κ1) is 22.6. The second-order valence-electron chi connectivity index (χ2n) is 6.73. The summed E-state index contributed by atoms with van der Waals surface area (Å²) in [6.45, 7) is 3.69. The van der Waals surface area contributed by atoms with E-state index in [1.807, 2.05) is 68.4 Å². The van der Waals surface area contributed by atoms with Crippen LogP contribution in [0.2, 0.25) is 0 Å². The van der Waals surface area contributed by atoms with Crippen molar-refractivity contribution in [1.82, 2.24) is 20.8 Å². The van der Waals surface area contributed by atoms with Crippen LogP contribution in [0.5, 0.6) is 11.5 Å². The lowest BCUT2D eigenvalue weighted by Crippen LogP contribution is -2.40. The first-order chi connectivity index (χ1) is 15.0. The van der Waals surface area contributed by atoms with Gasteiger partial charge in [-0.3, -0.25) is 9.59 Å². The van der Waals surface area contributed by atoms with Gasteiger partial charge < -0.3 is 20.7 Å². The summed E-state index contributed by atoms with van der Waals surface area (Å²) in [5.74, 6) is 1.23. The molecule has 0 aliphatic heterocycles. The van der Waals surface area contributed by atoms with Crippen LogP contribution in [0.3, 0.4) is 0 Å². The zero-order valence-corrected chi connectivity index (χ0v) is 18.8. The van der Waals surface area contributed by atoms with E-state index in [2.05, 4.69) is 26.1 Å². The Morgan fingerprint density at radius 2 is 1.71 bits per heavy atom. The number of para-hydroxylation sites is 1. The van der Waals surface area contributed by atoms with Gasteiger partial charge in [-0.1, -0.05) is 41.3 Å². The Kier molecular flexibility index (Phi) is 8.25. The van der Waals surface area contributed by atoms with E-state index in [0.717, 1.165) is 17.2 Å². The van der Waals surface area contributed by atoms with Crippen molar-refractivity contribution in [1.29, 1.82) is 0 Å². The van der Waals surface area contributed by atoms with E-state index in [1.165, 1.54) is 23.1 Å². The molecule has 0 saturated heterocycles. The number of aromatic nitrogens is 2. The molecule has 2 amide bonds. The standard InChI is InChI=1S/C21H23N5O3S2/c1-14(2)23-18(27)12-22-19(28)13-30-21-26-25-20(31-21)24-15-8-10-17(11-9-15)29-16-6-4-3-5-7-16/h3-11,14H,12-13H2,1-2H3,(H,22,28)(H,23,27)(H,24,25). The summed E-state index contributed by atoms with van der Waals surface area (Å²) in [5, 5.41) is 17.3. The lowest BCUT2D eigenvalue weighted by Gasteiger charge is -2.08. The minimum absolute atomic E-state index is 0.0372. The fourth-order valence-corrected chi connectivity index (χ4v) is 4.01. The second-order valence-corrected chi connectivity index (χ2v) is 8.93. The predicted molar refractivity (Wildman–Crippen MR) is 123 cm³/mol. The van der Waals surface area contributed by atoms with Gasteiger partial charge in [-0.25, -0.2) is 0 Å². The van der Waals surface area contributed by atoms with Crippen molar-refractivity contribution >= 4 is 45.7 Å². The van der Waals surface area contributed by atoms with E-state index in [-0.39, 0.29) is 30.2 Å². The van der Waals surface area contributed by atoms with Crippen LogP contribution in [0.25, 0.3) is 0 Å². The van der Waals surface area contributed by atoms with E-state index in [4.69, 9.17) is 4.74 Å². The Hall–Kier alpha value is -3.11. The molecule has 3 rings (SSSR count). The molecule has 162 valence electrons. The lowest BCUT2D eigenvalue weighted by molar-refractivity contribution is -0.125. The summed E-state index contributed by atoms with van der Waals surface area (Å²) < 4.78 is 6.44. The van der Waals surface area contributed by atoms with Crippen molar-refractivity contribution in [2.75, 3.05) is 17.6 Å². The molecule has 0 unspecified atom stereocenters. The number of ether oxygens (including phenoxy) is 1. The number of anilines is 2. The summed E-state index contributed by atoms with van der Waals surface area (Å²) in [5.41, 5.74) is 0.849. The molecule has 0 fully saturated rings. The maximum absolute atomic E-state index is 11.9. The van der Waals surface area contributed by atoms with E-state index in [1.54, 1.807) is 0 Å². The van der Waals surface area contributed by atoms with Gasteiger partial charge in [0.25, 0.3) is 0 Å². The van der Waals surface area contributed by atoms with Gasteiger partial charge in [0.05, 0.1) is 12.3 Å². The predicted octanol–water partition coefficient (Wildman–Crippen LogP) is 3.81. The van der Waals surface area contributed by atoms with Crippen LogP contribution in [0.4, 0.5) is 10.8 Å². The number of hydrogen-bond acceptors (Lipinski definition) is 8. The molecule has 0 aliphatic carbocycles. The molecule has 1 heterocycles. The van der Waals surface area contributed by atoms with Gasteiger partial charge in [-0.2, -0.15) is 0 Å². The largest absolute Gasteiger partial charge is 0.457 e. The average molecular weight is 458 g/mol. The van der Waals surface area contributed by atoms with Gasteiger partial charge in [-0.05, 0) is 50.2 Å². The molecule has 31 heavy (non-hydrogen) atoms. The van der Waals surface area contributed by atoms with Crippen LogP contribution >= 0.6 is 23.1 Å². The SMILES string of the molecule is CC(C)NC(=O)CNC(=O)CSc1nnc(Nc2ccc(Oc3ccccc3)cc2)s1. The van der Waals surface area contributed by atoms with E-state index >= 15 is 0 Å². The van der Waals surface area contributed by atoms with Gasteiger partial charge in [0.2, 0.25) is 16.9 Å². The lowest BCUT2D eigenvalue weighted by atomic mass is 10.3. The fourth-order valence-electron chi connectivity index (χ4n) is 2.40. The molecule has 0 saturated carbocycles. The highest BCUT2D eigenvalue weighted by atomic mass is 32.2. The molecule has 0 bridgehead atoms. The smallest absolute Gasteiger partial charge is 0.239 e. The number of carbonyl (C=O) groups is 2. The van der Waals surface area contributed by atoms with Crippen LogP contribution in [0, 0.1) is 0 Å². The van der Waals surface area contributed by atoms with Gasteiger partial charge in [-0.15, -0.1) is 10.2 Å². The zero-order chi connectivity index (χ0) is 22.1. The average Bonchev–Trinajstić information content (AvgIpc) is 3.20. The minimum atomic E-state index is -0.234. The van der Waals surface area contributed by atoms with Crippen molar-refractivity contribution in [3.63, 3.8) is 0 Å². The molecule has 10 heteroatoms. The number of nitrogens with zero attached hydrogens (tertiary/aromatic N) is 2. The topological polar surface area (TPSA) is 105 Å². The van der Waals surface area contributed by atoms with Crippen molar-refractivity contribution in [2.24, 2.45) is 0 Å². The molecule has 1 aromatic heterocycles. The number of hydrogen-bond donors (Lipinski definition) is 3.